The van der Waals surface area contributed by atoms with Gasteiger partial charge in [0.2, 0.25) is 0 Å². The Morgan fingerprint density at radius 1 is 1.14 bits per heavy atom. The first-order chi connectivity index (χ1) is 10.4. The summed E-state index contributed by atoms with van der Waals surface area (Å²) in [5.41, 5.74) is 1.01. The first-order valence-corrected chi connectivity index (χ1v) is 7.75. The van der Waals surface area contributed by atoms with Crippen LogP contribution in [0.2, 0.25) is 0 Å². The van der Waals surface area contributed by atoms with Gasteiger partial charge in [0.05, 0.1) is 5.69 Å². The molecule has 1 unspecified atom stereocenters. The van der Waals surface area contributed by atoms with E-state index >= 15 is 0 Å². The molecule has 2 aromatic rings. The van der Waals surface area contributed by atoms with Gasteiger partial charge in [0.25, 0.3) is 5.95 Å². The van der Waals surface area contributed by atoms with Crippen LogP contribution in [0.1, 0.15) is 25.7 Å². The highest BCUT2D eigenvalue weighted by Gasteiger charge is 2.30. The van der Waals surface area contributed by atoms with Gasteiger partial charge in [0.1, 0.15) is 0 Å². The van der Waals surface area contributed by atoms with Gasteiger partial charge >= 0.3 is 0 Å². The number of anilines is 1. The second-order valence-corrected chi connectivity index (χ2v) is 5.90. The number of rotatable bonds is 5. The fraction of sp³-hybridized carbons (Fsp3) is 0.533. The van der Waals surface area contributed by atoms with Gasteiger partial charge in [-0.2, -0.15) is 4.68 Å². The molecule has 1 N–H and O–H groups in total. The molecule has 1 saturated heterocycles. The maximum absolute atomic E-state index is 4.27. The van der Waals surface area contributed by atoms with Crippen molar-refractivity contribution >= 4 is 5.95 Å². The van der Waals surface area contributed by atoms with Gasteiger partial charge in [0.15, 0.2) is 0 Å². The summed E-state index contributed by atoms with van der Waals surface area (Å²) in [6.45, 7) is 2.07. The van der Waals surface area contributed by atoms with Crippen molar-refractivity contribution in [3.8, 4) is 5.69 Å². The van der Waals surface area contributed by atoms with Gasteiger partial charge in [0, 0.05) is 25.2 Å². The molecule has 4 rings (SSSR count). The molecule has 0 radical (unpaired) electrons. The largest absolute Gasteiger partial charge is 0.335 e. The molecule has 1 aliphatic carbocycles. The van der Waals surface area contributed by atoms with Crippen LogP contribution in [0.5, 0.6) is 0 Å². The maximum atomic E-state index is 4.27. The molecule has 1 saturated carbocycles. The van der Waals surface area contributed by atoms with Gasteiger partial charge in [-0.25, -0.2) is 0 Å². The summed E-state index contributed by atoms with van der Waals surface area (Å²) in [5.74, 6) is 0.862. The third-order valence-electron chi connectivity index (χ3n) is 4.31. The zero-order valence-corrected chi connectivity index (χ0v) is 12.0. The number of aromatic nitrogens is 4. The highest BCUT2D eigenvalue weighted by Crippen LogP contribution is 2.26. The van der Waals surface area contributed by atoms with Crippen LogP contribution in [0.4, 0.5) is 5.95 Å². The number of hydrogen-bond acceptors (Lipinski definition) is 5. The zero-order chi connectivity index (χ0) is 14.1. The summed E-state index contributed by atoms with van der Waals surface area (Å²) in [4.78, 5) is 2.35. The summed E-state index contributed by atoms with van der Waals surface area (Å²) in [6.07, 6.45) is 5.07. The van der Waals surface area contributed by atoms with Crippen LogP contribution in [-0.2, 0) is 0 Å². The summed E-state index contributed by atoms with van der Waals surface area (Å²) in [5, 5.41) is 16.0. The fourth-order valence-corrected chi connectivity index (χ4v) is 3.00. The van der Waals surface area contributed by atoms with E-state index in [0.717, 1.165) is 30.8 Å². The van der Waals surface area contributed by atoms with E-state index in [2.05, 4.69) is 25.7 Å². The Bertz CT molecular complexity index is 591. The second-order valence-electron chi connectivity index (χ2n) is 5.90. The van der Waals surface area contributed by atoms with Crippen LogP contribution in [0.25, 0.3) is 5.69 Å². The average Bonchev–Trinajstić information content (AvgIpc) is 3.04. The fourth-order valence-electron chi connectivity index (χ4n) is 3.00. The quantitative estimate of drug-likeness (QED) is 0.899. The Balaban J connectivity index is 1.56. The molecule has 1 aromatic heterocycles. The van der Waals surface area contributed by atoms with Crippen LogP contribution in [-0.4, -0.2) is 45.4 Å². The molecule has 1 aliphatic heterocycles. The maximum Gasteiger partial charge on any atom is 0.250 e. The third kappa shape index (κ3) is 2.63. The number of para-hydroxylation sites is 1. The first kappa shape index (κ1) is 12.8. The predicted molar refractivity (Wildman–Crippen MR) is 80.5 cm³/mol. The van der Waals surface area contributed by atoms with Crippen molar-refractivity contribution in [3.63, 3.8) is 0 Å². The molecule has 2 heterocycles. The first-order valence-electron chi connectivity index (χ1n) is 7.75. The van der Waals surface area contributed by atoms with Gasteiger partial charge < -0.3 is 10.2 Å². The van der Waals surface area contributed by atoms with Crippen LogP contribution in [0.15, 0.2) is 30.3 Å². The molecule has 0 spiro atoms. The van der Waals surface area contributed by atoms with E-state index in [-0.39, 0.29) is 0 Å². The number of tetrazole rings is 1. The lowest BCUT2D eigenvalue weighted by molar-refractivity contribution is 0.562. The summed E-state index contributed by atoms with van der Waals surface area (Å²) >= 11 is 0. The molecule has 2 aliphatic rings. The Morgan fingerprint density at radius 3 is 2.81 bits per heavy atom. The van der Waals surface area contributed by atoms with E-state index in [4.69, 9.17) is 0 Å². The monoisotopic (exact) mass is 284 g/mol. The lowest BCUT2D eigenvalue weighted by Gasteiger charge is -2.25. The SMILES string of the molecule is c1ccc(-n2nnnc2N2CCCC2CNC2CC2)cc1. The van der Waals surface area contributed by atoms with Crippen molar-refractivity contribution in [1.29, 1.82) is 0 Å². The Kier molecular flexibility index (Phi) is 3.31. The number of benzene rings is 1. The number of nitrogens with one attached hydrogen (secondary N) is 1. The van der Waals surface area contributed by atoms with Crippen molar-refractivity contribution in [2.24, 2.45) is 0 Å². The van der Waals surface area contributed by atoms with E-state index in [0.29, 0.717) is 6.04 Å². The van der Waals surface area contributed by atoms with Crippen molar-refractivity contribution in [2.75, 3.05) is 18.0 Å². The molecular weight excluding hydrogens is 264 g/mol. The van der Waals surface area contributed by atoms with E-state index in [1.807, 2.05) is 35.0 Å². The van der Waals surface area contributed by atoms with Crippen molar-refractivity contribution < 1.29 is 0 Å². The van der Waals surface area contributed by atoms with E-state index in [9.17, 15) is 0 Å². The predicted octanol–water partition coefficient (Wildman–Crippen LogP) is 1.38. The lowest BCUT2D eigenvalue weighted by atomic mass is 10.2. The minimum atomic E-state index is 0.499. The highest BCUT2D eigenvalue weighted by atomic mass is 15.6. The summed E-state index contributed by atoms with van der Waals surface area (Å²) in [7, 11) is 0. The lowest BCUT2D eigenvalue weighted by Crippen LogP contribution is -2.40. The molecule has 6 nitrogen and oxygen atoms in total. The van der Waals surface area contributed by atoms with Crippen LogP contribution in [0.3, 0.4) is 0 Å². The summed E-state index contributed by atoms with van der Waals surface area (Å²) < 4.78 is 1.84. The van der Waals surface area contributed by atoms with E-state index in [1.165, 1.54) is 25.7 Å². The minimum Gasteiger partial charge on any atom is -0.335 e. The van der Waals surface area contributed by atoms with Crippen LogP contribution >= 0.6 is 0 Å². The van der Waals surface area contributed by atoms with Gasteiger partial charge in [-0.1, -0.05) is 23.3 Å². The molecule has 6 heteroatoms. The van der Waals surface area contributed by atoms with Gasteiger partial charge in [-0.15, -0.1) is 0 Å². The summed E-state index contributed by atoms with van der Waals surface area (Å²) in [6, 6.07) is 11.3. The normalized spacial score (nSPS) is 21.9. The molecule has 2 fully saturated rings. The number of nitrogens with zero attached hydrogens (tertiary/aromatic N) is 5. The minimum absolute atomic E-state index is 0.499. The third-order valence-corrected chi connectivity index (χ3v) is 4.31. The van der Waals surface area contributed by atoms with Crippen LogP contribution in [0, 0.1) is 0 Å². The second kappa shape index (κ2) is 5.44. The molecule has 0 bridgehead atoms. The average molecular weight is 284 g/mol. The molecule has 110 valence electrons. The standard InChI is InChI=1S/C15H20N6/c1-2-5-13(6-3-1)21-15(17-18-19-21)20-10-4-7-14(20)11-16-12-8-9-12/h1-3,5-6,12,14,16H,4,7-11H2. The van der Waals surface area contributed by atoms with Gasteiger partial charge in [-0.3, -0.25) is 0 Å². The molecule has 0 amide bonds. The van der Waals surface area contributed by atoms with Gasteiger partial charge in [-0.05, 0) is 48.2 Å². The molecular formula is C15H20N6. The van der Waals surface area contributed by atoms with Crippen LogP contribution < -0.4 is 10.2 Å². The van der Waals surface area contributed by atoms with E-state index < -0.39 is 0 Å². The number of hydrogen-bond donors (Lipinski definition) is 1. The van der Waals surface area contributed by atoms with E-state index in [1.54, 1.807) is 0 Å². The smallest absolute Gasteiger partial charge is 0.250 e. The molecule has 1 atom stereocenters. The Morgan fingerprint density at radius 2 is 2.00 bits per heavy atom. The highest BCUT2D eigenvalue weighted by molar-refractivity contribution is 5.42. The molecule has 21 heavy (non-hydrogen) atoms. The van der Waals surface area contributed by atoms with Crippen molar-refractivity contribution in [1.82, 2.24) is 25.5 Å². The van der Waals surface area contributed by atoms with Crippen molar-refractivity contribution in [3.05, 3.63) is 30.3 Å². The Labute approximate surface area is 124 Å². The topological polar surface area (TPSA) is 58.9 Å². The Hall–Kier alpha value is -1.95. The molecule has 1 aromatic carbocycles. The zero-order valence-electron chi connectivity index (χ0n) is 12.0. The van der Waals surface area contributed by atoms with Crippen molar-refractivity contribution in [2.45, 2.75) is 37.8 Å².